The quantitative estimate of drug-likeness (QED) is 0.870. The normalized spacial score (nSPS) is 10.8. The van der Waals surface area contributed by atoms with Crippen molar-refractivity contribution in [1.29, 1.82) is 0 Å². The number of benzene rings is 1. The summed E-state index contributed by atoms with van der Waals surface area (Å²) in [5, 5.41) is 4.42. The molecular formula is C15H16Cl2N2O. The Bertz CT molecular complexity index is 588. The minimum absolute atomic E-state index is 0.418. The van der Waals surface area contributed by atoms with Crippen molar-refractivity contribution in [1.82, 2.24) is 10.3 Å². The monoisotopic (exact) mass is 310 g/mol. The first-order valence-electron chi connectivity index (χ1n) is 6.35. The van der Waals surface area contributed by atoms with Crippen LogP contribution in [-0.4, -0.2) is 11.0 Å². The van der Waals surface area contributed by atoms with Crippen LogP contribution in [0.15, 0.2) is 36.7 Å². The molecule has 2 aromatic rings. The van der Waals surface area contributed by atoms with E-state index in [0.717, 1.165) is 12.1 Å². The first-order chi connectivity index (χ1) is 9.54. The predicted molar refractivity (Wildman–Crippen MR) is 82.7 cm³/mol. The molecule has 0 aliphatic carbocycles. The number of hydrogen-bond donors (Lipinski definition) is 1. The third-order valence-corrected chi connectivity index (χ3v) is 3.15. The van der Waals surface area contributed by atoms with E-state index in [1.54, 1.807) is 24.4 Å². The van der Waals surface area contributed by atoms with Crippen molar-refractivity contribution >= 4 is 23.2 Å². The van der Waals surface area contributed by atoms with Crippen molar-refractivity contribution in [2.45, 2.75) is 26.4 Å². The van der Waals surface area contributed by atoms with Crippen LogP contribution in [-0.2, 0) is 6.54 Å². The fraction of sp³-hybridized carbons (Fsp3) is 0.267. The Balaban J connectivity index is 2.13. The van der Waals surface area contributed by atoms with Gasteiger partial charge in [-0.15, -0.1) is 0 Å². The lowest BCUT2D eigenvalue weighted by molar-refractivity contribution is 0.478. The van der Waals surface area contributed by atoms with Gasteiger partial charge in [0.15, 0.2) is 0 Å². The highest BCUT2D eigenvalue weighted by atomic mass is 35.5. The summed E-state index contributed by atoms with van der Waals surface area (Å²) < 4.78 is 5.73. The van der Waals surface area contributed by atoms with E-state index in [0.29, 0.717) is 27.6 Å². The Labute approximate surface area is 128 Å². The molecule has 5 heteroatoms. The van der Waals surface area contributed by atoms with E-state index in [-0.39, 0.29) is 0 Å². The number of ether oxygens (including phenoxy) is 1. The van der Waals surface area contributed by atoms with Gasteiger partial charge < -0.3 is 10.1 Å². The van der Waals surface area contributed by atoms with Crippen LogP contribution in [0.25, 0.3) is 0 Å². The Hall–Kier alpha value is -1.29. The summed E-state index contributed by atoms with van der Waals surface area (Å²) in [5.74, 6) is 1.16. The molecule has 0 saturated heterocycles. The molecule has 0 spiro atoms. The van der Waals surface area contributed by atoms with Gasteiger partial charge in [-0.25, -0.2) is 0 Å². The van der Waals surface area contributed by atoms with Gasteiger partial charge >= 0.3 is 0 Å². The summed E-state index contributed by atoms with van der Waals surface area (Å²) in [4.78, 5) is 4.17. The fourth-order valence-electron chi connectivity index (χ4n) is 1.62. The fourth-order valence-corrected chi connectivity index (χ4v) is 1.94. The number of nitrogens with zero attached hydrogens (tertiary/aromatic N) is 1. The summed E-state index contributed by atoms with van der Waals surface area (Å²) in [5.41, 5.74) is 1.05. The van der Waals surface area contributed by atoms with Crippen LogP contribution >= 0.6 is 23.2 Å². The number of aromatic nitrogens is 1. The van der Waals surface area contributed by atoms with Crippen LogP contribution in [0.2, 0.25) is 10.0 Å². The number of hydrogen-bond acceptors (Lipinski definition) is 3. The summed E-state index contributed by atoms with van der Waals surface area (Å²) in [7, 11) is 0. The maximum absolute atomic E-state index is 6.07. The van der Waals surface area contributed by atoms with Crippen LogP contribution in [0.4, 0.5) is 0 Å². The van der Waals surface area contributed by atoms with Gasteiger partial charge in [-0.05, 0) is 23.8 Å². The molecule has 0 atom stereocenters. The molecule has 3 nitrogen and oxygen atoms in total. The van der Waals surface area contributed by atoms with E-state index in [2.05, 4.69) is 24.1 Å². The molecule has 0 aliphatic heterocycles. The number of pyridine rings is 1. The van der Waals surface area contributed by atoms with Gasteiger partial charge in [0.25, 0.3) is 0 Å². The SMILES string of the molecule is CC(C)NCc1cncc(Oc2cc(Cl)ccc2Cl)c1. The highest BCUT2D eigenvalue weighted by Gasteiger charge is 2.05. The second kappa shape index (κ2) is 6.93. The first kappa shape index (κ1) is 15.1. The van der Waals surface area contributed by atoms with Gasteiger partial charge in [-0.2, -0.15) is 0 Å². The highest BCUT2D eigenvalue weighted by molar-refractivity contribution is 6.34. The first-order valence-corrected chi connectivity index (χ1v) is 7.10. The Kier molecular flexibility index (Phi) is 5.24. The van der Waals surface area contributed by atoms with E-state index in [1.807, 2.05) is 12.3 Å². The Morgan fingerprint density at radius 3 is 2.75 bits per heavy atom. The van der Waals surface area contributed by atoms with Gasteiger partial charge in [0.1, 0.15) is 11.5 Å². The molecule has 1 heterocycles. The molecule has 1 aromatic carbocycles. The number of halogens is 2. The molecule has 0 amide bonds. The van der Waals surface area contributed by atoms with Gasteiger partial charge in [0.05, 0.1) is 11.2 Å². The molecule has 0 aliphatic rings. The highest BCUT2D eigenvalue weighted by Crippen LogP contribution is 2.31. The van der Waals surface area contributed by atoms with Crippen LogP contribution < -0.4 is 10.1 Å². The van der Waals surface area contributed by atoms with Gasteiger partial charge in [0.2, 0.25) is 0 Å². The molecule has 0 unspecified atom stereocenters. The molecule has 0 radical (unpaired) electrons. The molecule has 1 N–H and O–H groups in total. The minimum atomic E-state index is 0.418. The zero-order valence-electron chi connectivity index (χ0n) is 11.4. The van der Waals surface area contributed by atoms with Crippen LogP contribution in [0, 0.1) is 0 Å². The van der Waals surface area contributed by atoms with Crippen molar-refractivity contribution in [3.63, 3.8) is 0 Å². The minimum Gasteiger partial charge on any atom is -0.454 e. The van der Waals surface area contributed by atoms with E-state index in [9.17, 15) is 0 Å². The van der Waals surface area contributed by atoms with Crippen molar-refractivity contribution in [3.8, 4) is 11.5 Å². The van der Waals surface area contributed by atoms with Gasteiger partial charge in [-0.1, -0.05) is 37.0 Å². The largest absolute Gasteiger partial charge is 0.454 e. The third kappa shape index (κ3) is 4.37. The summed E-state index contributed by atoms with van der Waals surface area (Å²) in [6.45, 7) is 4.93. The summed E-state index contributed by atoms with van der Waals surface area (Å²) in [6.07, 6.45) is 3.46. The Morgan fingerprint density at radius 2 is 2.00 bits per heavy atom. The predicted octanol–water partition coefficient (Wildman–Crippen LogP) is 4.68. The van der Waals surface area contributed by atoms with E-state index in [1.165, 1.54) is 0 Å². The number of nitrogens with one attached hydrogen (secondary N) is 1. The molecule has 0 fully saturated rings. The standard InChI is InChI=1S/C15H16Cl2N2O/c1-10(2)19-8-11-5-13(9-18-7-11)20-15-6-12(16)3-4-14(15)17/h3-7,9-10,19H,8H2,1-2H3. The molecular weight excluding hydrogens is 295 g/mol. The third-order valence-electron chi connectivity index (χ3n) is 2.61. The summed E-state index contributed by atoms with van der Waals surface area (Å²) in [6, 6.07) is 7.46. The van der Waals surface area contributed by atoms with Crippen molar-refractivity contribution in [2.75, 3.05) is 0 Å². The summed E-state index contributed by atoms with van der Waals surface area (Å²) >= 11 is 12.0. The molecule has 0 saturated carbocycles. The Morgan fingerprint density at radius 1 is 1.20 bits per heavy atom. The van der Waals surface area contributed by atoms with Gasteiger partial charge in [0, 0.05) is 29.9 Å². The lowest BCUT2D eigenvalue weighted by atomic mass is 10.2. The molecule has 106 valence electrons. The smallest absolute Gasteiger partial charge is 0.147 e. The van der Waals surface area contributed by atoms with Crippen LogP contribution in [0.1, 0.15) is 19.4 Å². The lowest BCUT2D eigenvalue weighted by Gasteiger charge is -2.10. The lowest BCUT2D eigenvalue weighted by Crippen LogP contribution is -2.21. The molecule has 20 heavy (non-hydrogen) atoms. The van der Waals surface area contributed by atoms with Crippen molar-refractivity contribution in [3.05, 3.63) is 52.3 Å². The molecule has 0 bridgehead atoms. The van der Waals surface area contributed by atoms with E-state index < -0.39 is 0 Å². The van der Waals surface area contributed by atoms with Gasteiger partial charge in [-0.3, -0.25) is 4.98 Å². The van der Waals surface area contributed by atoms with E-state index >= 15 is 0 Å². The second-order valence-corrected chi connectivity index (χ2v) is 5.58. The topological polar surface area (TPSA) is 34.2 Å². The van der Waals surface area contributed by atoms with Crippen molar-refractivity contribution < 1.29 is 4.74 Å². The average molecular weight is 311 g/mol. The zero-order chi connectivity index (χ0) is 14.5. The second-order valence-electron chi connectivity index (χ2n) is 4.74. The number of rotatable bonds is 5. The average Bonchev–Trinajstić information content (AvgIpc) is 2.41. The maximum Gasteiger partial charge on any atom is 0.147 e. The van der Waals surface area contributed by atoms with E-state index in [4.69, 9.17) is 27.9 Å². The molecule has 1 aromatic heterocycles. The van der Waals surface area contributed by atoms with Crippen LogP contribution in [0.3, 0.4) is 0 Å². The zero-order valence-corrected chi connectivity index (χ0v) is 12.9. The molecule has 2 rings (SSSR count). The van der Waals surface area contributed by atoms with Crippen LogP contribution in [0.5, 0.6) is 11.5 Å². The maximum atomic E-state index is 6.07. The van der Waals surface area contributed by atoms with Crippen molar-refractivity contribution in [2.24, 2.45) is 0 Å².